The minimum absolute atomic E-state index is 0.0320. The van der Waals surface area contributed by atoms with E-state index in [-0.39, 0.29) is 17.7 Å². The molecule has 0 radical (unpaired) electrons. The Morgan fingerprint density at radius 1 is 1.14 bits per heavy atom. The number of primary amides is 1. The van der Waals surface area contributed by atoms with Gasteiger partial charge in [-0.3, -0.25) is 9.59 Å². The Morgan fingerprint density at radius 3 is 2.45 bits per heavy atom. The topological polar surface area (TPSA) is 63.4 Å². The first-order valence-electron chi connectivity index (χ1n) is 7.53. The van der Waals surface area contributed by atoms with E-state index in [1.807, 2.05) is 12.1 Å². The molecule has 2 aliphatic rings. The lowest BCUT2D eigenvalue weighted by Gasteiger charge is -2.34. The summed E-state index contributed by atoms with van der Waals surface area (Å²) in [6.45, 7) is 0.617. The lowest BCUT2D eigenvalue weighted by Crippen LogP contribution is -2.51. The highest BCUT2D eigenvalue weighted by molar-refractivity contribution is 6.34. The van der Waals surface area contributed by atoms with Crippen LogP contribution in [0.4, 0.5) is 0 Å². The van der Waals surface area contributed by atoms with Gasteiger partial charge in [0.05, 0.1) is 0 Å². The van der Waals surface area contributed by atoms with E-state index in [9.17, 15) is 9.59 Å². The first-order valence-corrected chi connectivity index (χ1v) is 8.29. The number of hydrogen-bond donors (Lipinski definition) is 1. The van der Waals surface area contributed by atoms with E-state index in [0.29, 0.717) is 23.0 Å². The zero-order valence-corrected chi connectivity index (χ0v) is 13.6. The van der Waals surface area contributed by atoms with Gasteiger partial charge in [-0.15, -0.1) is 0 Å². The summed E-state index contributed by atoms with van der Waals surface area (Å²) in [5.41, 5.74) is 6.42. The highest BCUT2D eigenvalue weighted by Gasteiger charge is 2.48. The number of piperidine rings is 1. The largest absolute Gasteiger partial charge is 0.368 e. The van der Waals surface area contributed by atoms with Crippen molar-refractivity contribution in [1.82, 2.24) is 4.90 Å². The number of benzene rings is 1. The number of likely N-dealkylation sites (tertiary alicyclic amines) is 1. The van der Waals surface area contributed by atoms with Gasteiger partial charge < -0.3 is 10.6 Å². The Kier molecular flexibility index (Phi) is 4.33. The van der Waals surface area contributed by atoms with Crippen molar-refractivity contribution in [3.8, 4) is 0 Å². The number of nitrogens with zero attached hydrogens (tertiary/aromatic N) is 1. The third-order valence-electron chi connectivity index (χ3n) is 4.53. The number of hydrogen-bond acceptors (Lipinski definition) is 2. The third-order valence-corrected chi connectivity index (χ3v) is 4.97. The number of nitrogens with two attached hydrogens (primary N) is 1. The molecule has 2 fully saturated rings. The van der Waals surface area contributed by atoms with Crippen molar-refractivity contribution in [3.05, 3.63) is 33.8 Å². The van der Waals surface area contributed by atoms with Crippen LogP contribution in [0.1, 0.15) is 37.2 Å². The Bertz CT molecular complexity index is 600. The van der Waals surface area contributed by atoms with E-state index in [1.165, 1.54) is 0 Å². The second-order valence-electron chi connectivity index (χ2n) is 6.10. The highest BCUT2D eigenvalue weighted by Crippen LogP contribution is 2.50. The molecule has 0 aromatic heterocycles. The van der Waals surface area contributed by atoms with E-state index in [4.69, 9.17) is 28.9 Å². The van der Waals surface area contributed by atoms with Gasteiger partial charge >= 0.3 is 0 Å². The van der Waals surface area contributed by atoms with Crippen LogP contribution in [0.3, 0.4) is 0 Å². The van der Waals surface area contributed by atoms with Crippen LogP contribution in [0, 0.1) is 5.92 Å². The second kappa shape index (κ2) is 6.09. The van der Waals surface area contributed by atoms with Gasteiger partial charge in [-0.2, -0.15) is 0 Å². The van der Waals surface area contributed by atoms with Crippen LogP contribution in [-0.4, -0.2) is 29.3 Å². The molecule has 1 aromatic carbocycles. The van der Waals surface area contributed by atoms with Crippen LogP contribution >= 0.6 is 23.2 Å². The molecule has 118 valence electrons. The zero-order valence-electron chi connectivity index (χ0n) is 12.1. The van der Waals surface area contributed by atoms with Crippen LogP contribution in [-0.2, 0) is 9.59 Å². The minimum Gasteiger partial charge on any atom is -0.368 e. The van der Waals surface area contributed by atoms with Crippen molar-refractivity contribution < 1.29 is 9.59 Å². The molecule has 1 heterocycles. The van der Waals surface area contributed by atoms with E-state index in [2.05, 4.69) is 0 Å². The molecule has 6 heteroatoms. The van der Waals surface area contributed by atoms with E-state index in [0.717, 1.165) is 24.8 Å². The van der Waals surface area contributed by atoms with E-state index < -0.39 is 11.9 Å². The molecule has 1 aliphatic heterocycles. The number of carbonyl (C=O) groups is 2. The van der Waals surface area contributed by atoms with Crippen LogP contribution in [0.5, 0.6) is 0 Å². The fraction of sp³-hybridized carbons (Fsp3) is 0.500. The third kappa shape index (κ3) is 3.08. The van der Waals surface area contributed by atoms with Crippen molar-refractivity contribution in [2.24, 2.45) is 11.7 Å². The fourth-order valence-electron chi connectivity index (χ4n) is 3.33. The fourth-order valence-corrected chi connectivity index (χ4v) is 3.87. The summed E-state index contributed by atoms with van der Waals surface area (Å²) in [4.78, 5) is 25.9. The Morgan fingerprint density at radius 2 is 1.82 bits per heavy atom. The zero-order chi connectivity index (χ0) is 15.9. The quantitative estimate of drug-likeness (QED) is 0.919. The van der Waals surface area contributed by atoms with Crippen LogP contribution in [0.2, 0.25) is 10.0 Å². The Hall–Kier alpha value is -1.26. The summed E-state index contributed by atoms with van der Waals surface area (Å²) >= 11 is 12.0. The molecular weight excluding hydrogens is 323 g/mol. The van der Waals surface area contributed by atoms with Crippen molar-refractivity contribution in [2.45, 2.75) is 37.6 Å². The molecule has 1 saturated carbocycles. The van der Waals surface area contributed by atoms with Gasteiger partial charge in [0.15, 0.2) is 0 Å². The van der Waals surface area contributed by atoms with Gasteiger partial charge in [0.2, 0.25) is 11.8 Å². The molecule has 22 heavy (non-hydrogen) atoms. The Balaban J connectivity index is 1.73. The predicted molar refractivity (Wildman–Crippen MR) is 85.9 cm³/mol. The molecule has 1 aromatic rings. The van der Waals surface area contributed by atoms with Crippen LogP contribution in [0.25, 0.3) is 0 Å². The van der Waals surface area contributed by atoms with Gasteiger partial charge in [-0.1, -0.05) is 23.2 Å². The normalized spacial score (nSPS) is 27.5. The maximum Gasteiger partial charge on any atom is 0.240 e. The molecule has 4 nitrogen and oxygen atoms in total. The molecule has 0 unspecified atom stereocenters. The predicted octanol–water partition coefficient (Wildman–Crippen LogP) is 2.96. The smallest absolute Gasteiger partial charge is 0.240 e. The standard InChI is InChI=1S/C16H18Cl2N2O2/c17-10-5-9(6-11(18)7-10)12-8-13(12)16(22)20-4-2-1-3-14(20)15(19)21/h5-7,12-14H,1-4,8H2,(H2,19,21)/t12-,13+,14-/m0/s1. The monoisotopic (exact) mass is 340 g/mol. The van der Waals surface area contributed by atoms with Gasteiger partial charge in [0.1, 0.15) is 6.04 Å². The van der Waals surface area contributed by atoms with Gasteiger partial charge in [0, 0.05) is 22.5 Å². The SMILES string of the molecule is NC(=O)[C@@H]1CCCCN1C(=O)[C@@H]1C[C@H]1c1cc(Cl)cc(Cl)c1. The highest BCUT2D eigenvalue weighted by atomic mass is 35.5. The molecule has 2 amide bonds. The maximum atomic E-state index is 12.7. The summed E-state index contributed by atoms with van der Waals surface area (Å²) in [6, 6.07) is 4.94. The minimum atomic E-state index is -0.453. The summed E-state index contributed by atoms with van der Waals surface area (Å²) < 4.78 is 0. The van der Waals surface area contributed by atoms with E-state index >= 15 is 0 Å². The molecule has 0 spiro atoms. The van der Waals surface area contributed by atoms with Crippen LogP contribution in [0.15, 0.2) is 18.2 Å². The second-order valence-corrected chi connectivity index (χ2v) is 6.97. The number of halogens is 2. The first-order chi connectivity index (χ1) is 10.5. The molecular formula is C16H18Cl2N2O2. The average molecular weight is 341 g/mol. The number of amides is 2. The number of rotatable bonds is 3. The molecule has 1 aliphatic carbocycles. The lowest BCUT2D eigenvalue weighted by atomic mass is 10.0. The average Bonchev–Trinajstić information content (AvgIpc) is 3.26. The van der Waals surface area contributed by atoms with Gasteiger partial charge in [0.25, 0.3) is 0 Å². The van der Waals surface area contributed by atoms with Gasteiger partial charge in [-0.25, -0.2) is 0 Å². The molecule has 0 bridgehead atoms. The first kappa shape index (κ1) is 15.6. The summed E-state index contributed by atoms with van der Waals surface area (Å²) in [5, 5.41) is 1.15. The lowest BCUT2D eigenvalue weighted by molar-refractivity contribution is -0.142. The summed E-state index contributed by atoms with van der Waals surface area (Å²) in [7, 11) is 0. The van der Waals surface area contributed by atoms with Crippen molar-refractivity contribution >= 4 is 35.0 Å². The maximum absolute atomic E-state index is 12.7. The Labute approximate surface area is 139 Å². The molecule has 1 saturated heterocycles. The van der Waals surface area contributed by atoms with E-state index in [1.54, 1.807) is 11.0 Å². The number of carbonyl (C=O) groups excluding carboxylic acids is 2. The van der Waals surface area contributed by atoms with Crippen molar-refractivity contribution in [3.63, 3.8) is 0 Å². The summed E-state index contributed by atoms with van der Waals surface area (Å²) in [5.74, 6) is -0.325. The van der Waals surface area contributed by atoms with Crippen molar-refractivity contribution in [2.75, 3.05) is 6.54 Å². The van der Waals surface area contributed by atoms with Gasteiger partial charge in [-0.05, 0) is 55.4 Å². The van der Waals surface area contributed by atoms with Crippen LogP contribution < -0.4 is 5.73 Å². The molecule has 3 atom stereocenters. The molecule has 3 rings (SSSR count). The molecule has 2 N–H and O–H groups in total. The summed E-state index contributed by atoms with van der Waals surface area (Å²) in [6.07, 6.45) is 3.31. The van der Waals surface area contributed by atoms with Crippen molar-refractivity contribution in [1.29, 1.82) is 0 Å².